The van der Waals surface area contributed by atoms with Crippen LogP contribution in [0.3, 0.4) is 0 Å². The van der Waals surface area contributed by atoms with E-state index in [4.69, 9.17) is 5.73 Å². The van der Waals surface area contributed by atoms with Gasteiger partial charge in [0.1, 0.15) is 0 Å². The molecule has 7 heteroatoms. The van der Waals surface area contributed by atoms with E-state index in [0.29, 0.717) is 0 Å². The van der Waals surface area contributed by atoms with Crippen LogP contribution in [0.2, 0.25) is 0 Å². The van der Waals surface area contributed by atoms with Gasteiger partial charge in [-0.3, -0.25) is 9.59 Å². The molecule has 86 valence electrons. The molecule has 1 aromatic carbocycles. The maximum Gasteiger partial charge on any atom is 0.418 e. The number of amides is 1. The fourth-order valence-corrected chi connectivity index (χ4v) is 2.11. The first-order valence-corrected chi connectivity index (χ1v) is 5.01. The minimum Gasteiger partial charge on any atom is -0.366 e. The van der Waals surface area contributed by atoms with Gasteiger partial charge in [0, 0.05) is 14.7 Å². The second-order valence-electron chi connectivity index (χ2n) is 2.90. The number of hydrogen-bond donors (Lipinski definition) is 1. The van der Waals surface area contributed by atoms with Crippen molar-refractivity contribution in [1.82, 2.24) is 0 Å². The first-order chi connectivity index (χ1) is 7.27. The number of hydrogen-bond acceptors (Lipinski definition) is 2. The van der Waals surface area contributed by atoms with Crippen LogP contribution in [0.25, 0.3) is 0 Å². The van der Waals surface area contributed by atoms with Crippen LogP contribution in [0.1, 0.15) is 26.3 Å². The van der Waals surface area contributed by atoms with Crippen molar-refractivity contribution in [3.8, 4) is 0 Å². The van der Waals surface area contributed by atoms with Gasteiger partial charge in [0.25, 0.3) is 0 Å². The third kappa shape index (κ3) is 2.52. The second-order valence-corrected chi connectivity index (χ2v) is 4.06. The Bertz CT molecular complexity index is 457. The van der Waals surface area contributed by atoms with Crippen molar-refractivity contribution in [1.29, 1.82) is 0 Å². The van der Waals surface area contributed by atoms with Crippen molar-refractivity contribution < 1.29 is 22.8 Å². The number of carbonyl (C=O) groups excluding carboxylic acids is 2. The fourth-order valence-electron chi connectivity index (χ4n) is 1.16. The Kier molecular flexibility index (Phi) is 3.56. The molecular formula is C9H5F3INO2. The number of nitrogens with two attached hydrogens (primary N) is 1. The molecule has 0 saturated carbocycles. The molecule has 1 aromatic rings. The molecule has 0 aliphatic carbocycles. The second kappa shape index (κ2) is 4.40. The van der Waals surface area contributed by atoms with Crippen LogP contribution in [0.4, 0.5) is 13.2 Å². The highest BCUT2D eigenvalue weighted by Crippen LogP contribution is 2.35. The summed E-state index contributed by atoms with van der Waals surface area (Å²) >= 11 is 1.41. The third-order valence-electron chi connectivity index (χ3n) is 1.82. The maximum absolute atomic E-state index is 12.5. The molecule has 16 heavy (non-hydrogen) atoms. The lowest BCUT2D eigenvalue weighted by molar-refractivity contribution is -0.138. The molecule has 0 aliphatic rings. The van der Waals surface area contributed by atoms with Gasteiger partial charge < -0.3 is 5.73 Å². The first-order valence-electron chi connectivity index (χ1n) is 3.93. The van der Waals surface area contributed by atoms with E-state index in [1.807, 2.05) is 0 Å². The topological polar surface area (TPSA) is 60.2 Å². The maximum atomic E-state index is 12.5. The summed E-state index contributed by atoms with van der Waals surface area (Å²) in [4.78, 5) is 21.3. The molecule has 0 radical (unpaired) electrons. The van der Waals surface area contributed by atoms with E-state index in [1.165, 1.54) is 22.6 Å². The molecular weight excluding hydrogens is 338 g/mol. The fraction of sp³-hybridized carbons (Fsp3) is 0.111. The highest BCUT2D eigenvalue weighted by molar-refractivity contribution is 14.1. The van der Waals surface area contributed by atoms with Crippen LogP contribution >= 0.6 is 22.6 Å². The third-order valence-corrected chi connectivity index (χ3v) is 2.67. The van der Waals surface area contributed by atoms with E-state index in [0.717, 1.165) is 12.1 Å². The standard InChI is InChI=1S/C9H5F3INO2/c10-9(11,12)7-5(3-15)1-4(8(14)16)2-6(7)13/h1-3H,(H2,14,16). The average molecular weight is 343 g/mol. The Morgan fingerprint density at radius 3 is 2.31 bits per heavy atom. The smallest absolute Gasteiger partial charge is 0.366 e. The minimum absolute atomic E-state index is 0.0530. The molecule has 0 unspecified atom stereocenters. The van der Waals surface area contributed by atoms with Crippen LogP contribution in [-0.4, -0.2) is 12.2 Å². The SMILES string of the molecule is NC(=O)c1cc(I)c(C(F)(F)F)c(C=O)c1. The van der Waals surface area contributed by atoms with Gasteiger partial charge in [-0.2, -0.15) is 13.2 Å². The summed E-state index contributed by atoms with van der Waals surface area (Å²) < 4.78 is 37.4. The van der Waals surface area contributed by atoms with E-state index in [1.54, 1.807) is 0 Å². The quantitative estimate of drug-likeness (QED) is 0.661. The normalized spacial score (nSPS) is 11.2. The van der Waals surface area contributed by atoms with Gasteiger partial charge in [0.15, 0.2) is 6.29 Å². The van der Waals surface area contributed by atoms with Crippen LogP contribution in [0.5, 0.6) is 0 Å². The number of rotatable bonds is 2. The first kappa shape index (κ1) is 12.9. The monoisotopic (exact) mass is 343 g/mol. The van der Waals surface area contributed by atoms with Crippen molar-refractivity contribution >= 4 is 34.8 Å². The summed E-state index contributed by atoms with van der Waals surface area (Å²) in [6, 6.07) is 1.83. The summed E-state index contributed by atoms with van der Waals surface area (Å²) in [7, 11) is 0. The molecule has 0 atom stereocenters. The van der Waals surface area contributed by atoms with E-state index >= 15 is 0 Å². The minimum atomic E-state index is -4.64. The van der Waals surface area contributed by atoms with Gasteiger partial charge in [0.05, 0.1) is 5.56 Å². The highest BCUT2D eigenvalue weighted by atomic mass is 127. The van der Waals surface area contributed by atoms with Crippen LogP contribution in [0.15, 0.2) is 12.1 Å². The number of primary amides is 1. The van der Waals surface area contributed by atoms with Crippen molar-refractivity contribution in [3.05, 3.63) is 32.4 Å². The Morgan fingerprint density at radius 1 is 1.38 bits per heavy atom. The average Bonchev–Trinajstić information content (AvgIpc) is 2.14. The van der Waals surface area contributed by atoms with Gasteiger partial charge in [0.2, 0.25) is 5.91 Å². The van der Waals surface area contributed by atoms with Gasteiger partial charge in [-0.05, 0) is 34.7 Å². The lowest BCUT2D eigenvalue weighted by Gasteiger charge is -2.12. The molecule has 2 N–H and O–H groups in total. The van der Waals surface area contributed by atoms with E-state index < -0.39 is 23.2 Å². The number of alkyl halides is 3. The molecule has 1 rings (SSSR count). The van der Waals surface area contributed by atoms with Gasteiger partial charge in [-0.25, -0.2) is 0 Å². The zero-order chi connectivity index (χ0) is 12.5. The Balaban J connectivity index is 3.53. The van der Waals surface area contributed by atoms with Gasteiger partial charge >= 0.3 is 6.18 Å². The summed E-state index contributed by atoms with van der Waals surface area (Å²) in [5, 5.41) is 0. The molecule has 1 amide bonds. The molecule has 0 aromatic heterocycles. The number of aldehydes is 1. The van der Waals surface area contributed by atoms with Gasteiger partial charge in [-0.1, -0.05) is 0 Å². The van der Waals surface area contributed by atoms with Crippen molar-refractivity contribution in [3.63, 3.8) is 0 Å². The van der Waals surface area contributed by atoms with E-state index in [9.17, 15) is 22.8 Å². The van der Waals surface area contributed by atoms with Crippen LogP contribution in [-0.2, 0) is 6.18 Å². The molecule has 3 nitrogen and oxygen atoms in total. The summed E-state index contributed by atoms with van der Waals surface area (Å²) in [6.45, 7) is 0. The summed E-state index contributed by atoms with van der Waals surface area (Å²) in [5.41, 5.74) is 3.16. The van der Waals surface area contributed by atoms with Crippen molar-refractivity contribution in [2.24, 2.45) is 5.73 Å². The number of benzene rings is 1. The van der Waals surface area contributed by atoms with E-state index in [2.05, 4.69) is 0 Å². The number of halogens is 4. The lowest BCUT2D eigenvalue weighted by atomic mass is 10.0. The molecule has 0 bridgehead atoms. The predicted molar refractivity (Wildman–Crippen MR) is 58.1 cm³/mol. The lowest BCUT2D eigenvalue weighted by Crippen LogP contribution is -2.16. The molecule has 0 aliphatic heterocycles. The van der Waals surface area contributed by atoms with Crippen molar-refractivity contribution in [2.75, 3.05) is 0 Å². The van der Waals surface area contributed by atoms with Gasteiger partial charge in [-0.15, -0.1) is 0 Å². The van der Waals surface area contributed by atoms with Crippen molar-refractivity contribution in [2.45, 2.75) is 6.18 Å². The Morgan fingerprint density at radius 2 is 1.94 bits per heavy atom. The van der Waals surface area contributed by atoms with E-state index in [-0.39, 0.29) is 15.4 Å². The highest BCUT2D eigenvalue weighted by Gasteiger charge is 2.36. The largest absolute Gasteiger partial charge is 0.418 e. The summed E-state index contributed by atoms with van der Waals surface area (Å²) in [6.07, 6.45) is -4.58. The zero-order valence-corrected chi connectivity index (χ0v) is 9.80. The van der Waals surface area contributed by atoms with Crippen LogP contribution < -0.4 is 5.73 Å². The molecule has 0 saturated heterocycles. The summed E-state index contributed by atoms with van der Waals surface area (Å²) in [5.74, 6) is -0.880. The predicted octanol–water partition coefficient (Wildman–Crippen LogP) is 2.22. The Hall–Kier alpha value is -1.12. The molecule has 0 fully saturated rings. The van der Waals surface area contributed by atoms with Crippen LogP contribution in [0, 0.1) is 3.57 Å². The zero-order valence-electron chi connectivity index (χ0n) is 7.64. The Labute approximate surface area is 102 Å². The number of carbonyl (C=O) groups is 2. The molecule has 0 heterocycles. The molecule has 0 spiro atoms.